The van der Waals surface area contributed by atoms with Gasteiger partial charge in [-0.15, -0.1) is 0 Å². The van der Waals surface area contributed by atoms with E-state index in [9.17, 15) is 18.8 Å². The summed E-state index contributed by atoms with van der Waals surface area (Å²) in [5.74, 6) is -0.869. The molecule has 2 N–H and O–H groups in total. The van der Waals surface area contributed by atoms with Gasteiger partial charge in [-0.05, 0) is 43.7 Å². The van der Waals surface area contributed by atoms with Gasteiger partial charge in [0.05, 0.1) is 12.0 Å². The number of carbonyl (C=O) groups excluding carboxylic acids is 2. The Morgan fingerprint density at radius 1 is 1.07 bits per heavy atom. The molecule has 1 heterocycles. The number of carbonyl (C=O) groups is 2. The number of aryl methyl sites for hydroxylation is 1. The van der Waals surface area contributed by atoms with Crippen molar-refractivity contribution >= 4 is 22.6 Å². The van der Waals surface area contributed by atoms with Gasteiger partial charge < -0.3 is 4.74 Å². The van der Waals surface area contributed by atoms with Gasteiger partial charge in [-0.2, -0.15) is 5.10 Å². The number of aromatic nitrogens is 2. The molecule has 156 valence electrons. The van der Waals surface area contributed by atoms with E-state index in [-0.39, 0.29) is 30.1 Å². The fourth-order valence-corrected chi connectivity index (χ4v) is 2.82. The number of benzene rings is 2. The number of amides is 2. The Bertz CT molecular complexity index is 1110. The van der Waals surface area contributed by atoms with Crippen molar-refractivity contribution in [2.45, 2.75) is 26.3 Å². The van der Waals surface area contributed by atoms with E-state index < -0.39 is 11.8 Å². The van der Waals surface area contributed by atoms with E-state index >= 15 is 0 Å². The van der Waals surface area contributed by atoms with Crippen LogP contribution in [0.4, 0.5) is 4.39 Å². The largest absolute Gasteiger partial charge is 0.494 e. The predicted molar refractivity (Wildman–Crippen MR) is 108 cm³/mol. The maximum atomic E-state index is 12.8. The maximum absolute atomic E-state index is 12.8. The lowest BCUT2D eigenvalue weighted by atomic mass is 10.1. The van der Waals surface area contributed by atoms with E-state index in [1.807, 2.05) is 0 Å². The molecule has 1 aromatic heterocycles. The summed E-state index contributed by atoms with van der Waals surface area (Å²) in [5, 5.41) is 4.89. The van der Waals surface area contributed by atoms with Crippen molar-refractivity contribution in [3.63, 3.8) is 0 Å². The first-order valence-electron chi connectivity index (χ1n) is 9.47. The smallest absolute Gasteiger partial charge is 0.290 e. The second kappa shape index (κ2) is 9.64. The quantitative estimate of drug-likeness (QED) is 0.457. The minimum atomic E-state index is -0.621. The lowest BCUT2D eigenvalue weighted by molar-refractivity contribution is -0.122. The average Bonchev–Trinajstić information content (AvgIpc) is 2.76. The van der Waals surface area contributed by atoms with Crippen LogP contribution in [0.3, 0.4) is 0 Å². The van der Waals surface area contributed by atoms with Gasteiger partial charge in [-0.25, -0.2) is 9.07 Å². The first kappa shape index (κ1) is 21.0. The van der Waals surface area contributed by atoms with Crippen molar-refractivity contribution in [2.75, 3.05) is 6.61 Å². The zero-order valence-electron chi connectivity index (χ0n) is 16.4. The summed E-state index contributed by atoms with van der Waals surface area (Å²) in [6.07, 6.45) is 0.519. The maximum Gasteiger partial charge on any atom is 0.290 e. The summed E-state index contributed by atoms with van der Waals surface area (Å²) in [6.45, 7) is 2.33. The molecule has 0 radical (unpaired) electrons. The van der Waals surface area contributed by atoms with Gasteiger partial charge in [-0.1, -0.05) is 18.2 Å². The number of hydrazine groups is 1. The van der Waals surface area contributed by atoms with Crippen molar-refractivity contribution in [1.29, 1.82) is 0 Å². The zero-order chi connectivity index (χ0) is 21.5. The molecule has 0 bridgehead atoms. The molecule has 0 spiro atoms. The molecule has 0 saturated carbocycles. The summed E-state index contributed by atoms with van der Waals surface area (Å²) in [7, 11) is 0. The molecule has 9 heteroatoms. The fraction of sp³-hybridized carbons (Fsp3) is 0.238. The van der Waals surface area contributed by atoms with Crippen molar-refractivity contribution in [1.82, 2.24) is 20.6 Å². The number of rotatable bonds is 7. The molecule has 2 aromatic carbocycles. The Morgan fingerprint density at radius 2 is 1.77 bits per heavy atom. The van der Waals surface area contributed by atoms with Crippen LogP contribution in [0.15, 0.2) is 53.3 Å². The molecular formula is C21H21FN4O4. The summed E-state index contributed by atoms with van der Waals surface area (Å²) in [5.41, 5.74) is 4.43. The van der Waals surface area contributed by atoms with Crippen LogP contribution in [0.1, 0.15) is 30.3 Å². The number of nitrogens with one attached hydrogen (secondary N) is 2. The minimum absolute atomic E-state index is 0.0481. The van der Waals surface area contributed by atoms with Crippen LogP contribution in [0.2, 0.25) is 0 Å². The average molecular weight is 412 g/mol. The topological polar surface area (TPSA) is 102 Å². The van der Waals surface area contributed by atoms with E-state index in [4.69, 9.17) is 4.74 Å². The minimum Gasteiger partial charge on any atom is -0.494 e. The van der Waals surface area contributed by atoms with Gasteiger partial charge in [0.2, 0.25) is 5.91 Å². The number of hydrogen-bond donors (Lipinski definition) is 2. The summed E-state index contributed by atoms with van der Waals surface area (Å²) in [6, 6.07) is 12.3. The van der Waals surface area contributed by atoms with E-state index in [0.29, 0.717) is 29.5 Å². The third kappa shape index (κ3) is 4.99. The van der Waals surface area contributed by atoms with E-state index in [1.54, 1.807) is 31.2 Å². The third-order valence-electron chi connectivity index (χ3n) is 4.33. The SMILES string of the molecule is CCn1nc(C(=O)NNC(=O)CCCOc2ccc(F)cc2)c2ccccc2c1=O. The zero-order valence-corrected chi connectivity index (χ0v) is 16.4. The Morgan fingerprint density at radius 3 is 2.47 bits per heavy atom. The molecule has 3 rings (SSSR count). The predicted octanol–water partition coefficient (Wildman–Crippen LogP) is 2.18. The lowest BCUT2D eigenvalue weighted by Gasteiger charge is -2.11. The third-order valence-corrected chi connectivity index (χ3v) is 4.33. The second-order valence-electron chi connectivity index (χ2n) is 6.42. The molecule has 0 fully saturated rings. The second-order valence-corrected chi connectivity index (χ2v) is 6.42. The van der Waals surface area contributed by atoms with E-state index in [2.05, 4.69) is 16.0 Å². The number of hydrogen-bond acceptors (Lipinski definition) is 5. The summed E-state index contributed by atoms with van der Waals surface area (Å²) in [4.78, 5) is 36.8. The lowest BCUT2D eigenvalue weighted by Crippen LogP contribution is -2.42. The van der Waals surface area contributed by atoms with Gasteiger partial charge in [0, 0.05) is 18.4 Å². The Kier molecular flexibility index (Phi) is 6.74. The van der Waals surface area contributed by atoms with Gasteiger partial charge in [0.25, 0.3) is 11.5 Å². The molecule has 3 aromatic rings. The summed E-state index contributed by atoms with van der Waals surface area (Å²) < 4.78 is 19.5. The molecule has 0 saturated heterocycles. The van der Waals surface area contributed by atoms with Crippen molar-refractivity contribution in [3.8, 4) is 5.75 Å². The van der Waals surface area contributed by atoms with Gasteiger partial charge in [-0.3, -0.25) is 25.2 Å². The van der Waals surface area contributed by atoms with Crippen LogP contribution in [-0.2, 0) is 11.3 Å². The molecule has 0 unspecified atom stereocenters. The first-order chi connectivity index (χ1) is 14.5. The van der Waals surface area contributed by atoms with Gasteiger partial charge in [0.1, 0.15) is 11.6 Å². The number of halogens is 1. The molecule has 0 aliphatic heterocycles. The highest BCUT2D eigenvalue weighted by Gasteiger charge is 2.16. The highest BCUT2D eigenvalue weighted by molar-refractivity contribution is 6.05. The highest BCUT2D eigenvalue weighted by Crippen LogP contribution is 2.13. The molecule has 2 amide bonds. The Labute approximate surface area is 171 Å². The molecule has 0 atom stereocenters. The standard InChI is InChI=1S/C21H21FN4O4/c1-2-26-21(29)17-7-4-3-6-16(17)19(25-26)20(28)24-23-18(27)8-5-13-30-15-11-9-14(22)10-12-15/h3-4,6-7,9-12H,2,5,8,13H2,1H3,(H,23,27)(H,24,28). The summed E-state index contributed by atoms with van der Waals surface area (Å²) >= 11 is 0. The monoisotopic (exact) mass is 412 g/mol. The van der Waals surface area contributed by atoms with Crippen LogP contribution in [-0.4, -0.2) is 28.2 Å². The van der Waals surface area contributed by atoms with Crippen LogP contribution >= 0.6 is 0 Å². The van der Waals surface area contributed by atoms with Crippen LogP contribution in [0.25, 0.3) is 10.8 Å². The number of fused-ring (bicyclic) bond motifs is 1. The van der Waals surface area contributed by atoms with E-state index in [1.165, 1.54) is 28.9 Å². The Balaban J connectivity index is 1.54. The van der Waals surface area contributed by atoms with Crippen LogP contribution in [0.5, 0.6) is 5.75 Å². The number of nitrogens with zero attached hydrogens (tertiary/aromatic N) is 2. The van der Waals surface area contributed by atoms with Crippen molar-refractivity contribution in [3.05, 3.63) is 70.4 Å². The highest BCUT2D eigenvalue weighted by atomic mass is 19.1. The van der Waals surface area contributed by atoms with E-state index in [0.717, 1.165) is 0 Å². The fourth-order valence-electron chi connectivity index (χ4n) is 2.82. The van der Waals surface area contributed by atoms with Crippen LogP contribution < -0.4 is 21.1 Å². The van der Waals surface area contributed by atoms with Crippen LogP contribution in [0, 0.1) is 5.82 Å². The molecule has 8 nitrogen and oxygen atoms in total. The molecule has 30 heavy (non-hydrogen) atoms. The van der Waals surface area contributed by atoms with Crippen molar-refractivity contribution in [2.24, 2.45) is 0 Å². The Hall–Kier alpha value is -3.75. The number of ether oxygens (including phenoxy) is 1. The normalized spacial score (nSPS) is 10.6. The molecule has 0 aliphatic carbocycles. The first-order valence-corrected chi connectivity index (χ1v) is 9.47. The van der Waals surface area contributed by atoms with Crippen molar-refractivity contribution < 1.29 is 18.7 Å². The van der Waals surface area contributed by atoms with Gasteiger partial charge in [0.15, 0.2) is 5.69 Å². The molecular weight excluding hydrogens is 391 g/mol. The van der Waals surface area contributed by atoms with Gasteiger partial charge >= 0.3 is 0 Å². The molecule has 0 aliphatic rings.